The molecule has 4 rings (SSSR count). The van der Waals surface area contributed by atoms with Gasteiger partial charge in [-0.15, -0.1) is 11.3 Å². The Hall–Kier alpha value is -3.78. The molecule has 0 bridgehead atoms. The van der Waals surface area contributed by atoms with Crippen LogP contribution in [0.3, 0.4) is 0 Å². The molecule has 0 saturated carbocycles. The summed E-state index contributed by atoms with van der Waals surface area (Å²) in [6.45, 7) is 0. The Morgan fingerprint density at radius 3 is 2.34 bits per heavy atom. The van der Waals surface area contributed by atoms with E-state index in [1.165, 1.54) is 22.1 Å². The van der Waals surface area contributed by atoms with Crippen LogP contribution in [0.1, 0.15) is 20.0 Å². The standard InChI is InChI=1S/C21H15FN4O2S/c22-17-13-16(8-9-18(17)26-11-2-10-23-26)25-20(27)14-4-6-15(7-5-14)24-21(28)19-3-1-12-29-19/h1-13H,(H,24,28)(H,25,27). The molecule has 144 valence electrons. The van der Waals surface area contributed by atoms with Crippen molar-refractivity contribution in [3.05, 3.63) is 94.7 Å². The first-order chi connectivity index (χ1) is 14.1. The van der Waals surface area contributed by atoms with Gasteiger partial charge in [-0.25, -0.2) is 9.07 Å². The second-order valence-electron chi connectivity index (χ2n) is 6.08. The first-order valence-corrected chi connectivity index (χ1v) is 9.54. The number of carbonyl (C=O) groups excluding carboxylic acids is 2. The van der Waals surface area contributed by atoms with Gasteiger partial charge in [0.15, 0.2) is 5.82 Å². The van der Waals surface area contributed by atoms with Gasteiger partial charge in [0.05, 0.1) is 4.88 Å². The number of hydrogen-bond acceptors (Lipinski definition) is 4. The van der Waals surface area contributed by atoms with Gasteiger partial charge >= 0.3 is 0 Å². The molecule has 0 aliphatic carbocycles. The molecule has 8 heteroatoms. The number of aromatic nitrogens is 2. The lowest BCUT2D eigenvalue weighted by molar-refractivity contribution is 0.102. The highest BCUT2D eigenvalue weighted by atomic mass is 32.1. The van der Waals surface area contributed by atoms with E-state index in [-0.39, 0.29) is 11.8 Å². The van der Waals surface area contributed by atoms with Crippen LogP contribution >= 0.6 is 11.3 Å². The first-order valence-electron chi connectivity index (χ1n) is 8.66. The molecule has 0 atom stereocenters. The molecule has 2 amide bonds. The Morgan fingerprint density at radius 1 is 0.931 bits per heavy atom. The second-order valence-corrected chi connectivity index (χ2v) is 7.03. The minimum Gasteiger partial charge on any atom is -0.322 e. The van der Waals surface area contributed by atoms with Crippen molar-refractivity contribution in [3.63, 3.8) is 0 Å². The third kappa shape index (κ3) is 4.22. The van der Waals surface area contributed by atoms with Crippen LogP contribution in [-0.4, -0.2) is 21.6 Å². The van der Waals surface area contributed by atoms with Crippen molar-refractivity contribution < 1.29 is 14.0 Å². The SMILES string of the molecule is O=C(Nc1ccc(-n2cccn2)c(F)c1)c1ccc(NC(=O)c2cccs2)cc1. The molecule has 2 aromatic heterocycles. The largest absolute Gasteiger partial charge is 0.322 e. The Balaban J connectivity index is 1.42. The molecule has 0 aliphatic rings. The average Bonchev–Trinajstić information content (AvgIpc) is 3.43. The summed E-state index contributed by atoms with van der Waals surface area (Å²) >= 11 is 1.35. The van der Waals surface area contributed by atoms with Crippen LogP contribution in [0.5, 0.6) is 0 Å². The molecule has 0 unspecified atom stereocenters. The summed E-state index contributed by atoms with van der Waals surface area (Å²) in [4.78, 5) is 25.1. The van der Waals surface area contributed by atoms with Crippen molar-refractivity contribution in [1.82, 2.24) is 9.78 Å². The predicted molar refractivity (Wildman–Crippen MR) is 110 cm³/mol. The van der Waals surface area contributed by atoms with Gasteiger partial charge in [-0.05, 0) is 60.0 Å². The van der Waals surface area contributed by atoms with Gasteiger partial charge in [0.1, 0.15) is 5.69 Å². The zero-order chi connectivity index (χ0) is 20.2. The lowest BCUT2D eigenvalue weighted by atomic mass is 10.2. The number of amides is 2. The molecule has 4 aromatic rings. The van der Waals surface area contributed by atoms with E-state index in [4.69, 9.17) is 0 Å². The number of carbonyl (C=O) groups is 2. The third-order valence-corrected chi connectivity index (χ3v) is 4.98. The van der Waals surface area contributed by atoms with Gasteiger partial charge in [-0.1, -0.05) is 6.07 Å². The molecule has 0 radical (unpaired) electrons. The summed E-state index contributed by atoms with van der Waals surface area (Å²) in [6, 6.07) is 16.1. The van der Waals surface area contributed by atoms with Gasteiger partial charge in [0.2, 0.25) is 0 Å². The average molecular weight is 406 g/mol. The number of halogens is 1. The summed E-state index contributed by atoms with van der Waals surface area (Å²) in [5.74, 6) is -1.09. The lowest BCUT2D eigenvalue weighted by Crippen LogP contribution is -2.13. The fourth-order valence-corrected chi connectivity index (χ4v) is 3.31. The molecule has 0 saturated heterocycles. The van der Waals surface area contributed by atoms with Crippen LogP contribution in [0.2, 0.25) is 0 Å². The highest BCUT2D eigenvalue weighted by Crippen LogP contribution is 2.19. The Bertz CT molecular complexity index is 1140. The second kappa shape index (κ2) is 8.07. The fraction of sp³-hybridized carbons (Fsp3) is 0. The summed E-state index contributed by atoms with van der Waals surface area (Å²) in [5.41, 5.74) is 1.59. The Kier molecular flexibility index (Phi) is 5.17. The quantitative estimate of drug-likeness (QED) is 0.509. The van der Waals surface area contributed by atoms with E-state index in [1.807, 2.05) is 5.38 Å². The molecule has 2 heterocycles. The molecule has 29 heavy (non-hydrogen) atoms. The topological polar surface area (TPSA) is 76.0 Å². The molecule has 2 N–H and O–H groups in total. The van der Waals surface area contributed by atoms with E-state index in [2.05, 4.69) is 15.7 Å². The van der Waals surface area contributed by atoms with E-state index >= 15 is 0 Å². The van der Waals surface area contributed by atoms with Crippen molar-refractivity contribution >= 4 is 34.5 Å². The normalized spacial score (nSPS) is 10.5. The van der Waals surface area contributed by atoms with Gasteiger partial charge in [-0.3, -0.25) is 9.59 Å². The van der Waals surface area contributed by atoms with Crippen LogP contribution in [-0.2, 0) is 0 Å². The molecule has 2 aromatic carbocycles. The first kappa shape index (κ1) is 18.6. The number of hydrogen-bond donors (Lipinski definition) is 2. The van der Waals surface area contributed by atoms with Gasteiger partial charge < -0.3 is 10.6 Å². The van der Waals surface area contributed by atoms with Crippen LogP contribution in [0.4, 0.5) is 15.8 Å². The van der Waals surface area contributed by atoms with Crippen LogP contribution < -0.4 is 10.6 Å². The minimum absolute atomic E-state index is 0.204. The zero-order valence-corrected chi connectivity index (χ0v) is 15.8. The Labute approximate surface area is 169 Å². The molecule has 6 nitrogen and oxygen atoms in total. The predicted octanol–water partition coefficient (Wildman–Crippen LogP) is 4.58. The number of benzene rings is 2. The number of thiophene rings is 1. The minimum atomic E-state index is -0.502. The van der Waals surface area contributed by atoms with E-state index < -0.39 is 5.82 Å². The van der Waals surface area contributed by atoms with Crippen molar-refractivity contribution in [2.45, 2.75) is 0 Å². The number of nitrogens with one attached hydrogen (secondary N) is 2. The third-order valence-electron chi connectivity index (χ3n) is 4.11. The number of anilines is 2. The van der Waals surface area contributed by atoms with Gasteiger partial charge in [0, 0.05) is 29.3 Å². The Morgan fingerprint density at radius 2 is 1.69 bits per heavy atom. The molecule has 0 aliphatic heterocycles. The van der Waals surface area contributed by atoms with E-state index in [0.29, 0.717) is 27.5 Å². The van der Waals surface area contributed by atoms with Crippen LogP contribution in [0, 0.1) is 5.82 Å². The molecular formula is C21H15FN4O2S. The number of nitrogens with zero attached hydrogens (tertiary/aromatic N) is 2. The summed E-state index contributed by atoms with van der Waals surface area (Å²) in [7, 11) is 0. The highest BCUT2D eigenvalue weighted by molar-refractivity contribution is 7.12. The van der Waals surface area contributed by atoms with Crippen LogP contribution in [0.25, 0.3) is 5.69 Å². The smallest absolute Gasteiger partial charge is 0.265 e. The molecule has 0 fully saturated rings. The zero-order valence-electron chi connectivity index (χ0n) is 15.0. The van der Waals surface area contributed by atoms with Crippen molar-refractivity contribution in [3.8, 4) is 5.69 Å². The van der Waals surface area contributed by atoms with Crippen molar-refractivity contribution in [2.75, 3.05) is 10.6 Å². The van der Waals surface area contributed by atoms with E-state index in [1.54, 1.807) is 67.0 Å². The maximum absolute atomic E-state index is 14.3. The molecular weight excluding hydrogens is 391 g/mol. The van der Waals surface area contributed by atoms with Crippen molar-refractivity contribution in [1.29, 1.82) is 0 Å². The highest BCUT2D eigenvalue weighted by Gasteiger charge is 2.11. The van der Waals surface area contributed by atoms with Gasteiger partial charge in [0.25, 0.3) is 11.8 Å². The lowest BCUT2D eigenvalue weighted by Gasteiger charge is -2.09. The molecule has 0 spiro atoms. The summed E-state index contributed by atoms with van der Waals surface area (Å²) < 4.78 is 15.7. The van der Waals surface area contributed by atoms with Crippen molar-refractivity contribution in [2.24, 2.45) is 0 Å². The van der Waals surface area contributed by atoms with E-state index in [0.717, 1.165) is 0 Å². The summed E-state index contributed by atoms with van der Waals surface area (Å²) in [5, 5.41) is 11.2. The fourth-order valence-electron chi connectivity index (χ4n) is 2.69. The number of rotatable bonds is 5. The summed E-state index contributed by atoms with van der Waals surface area (Å²) in [6.07, 6.45) is 3.19. The van der Waals surface area contributed by atoms with E-state index in [9.17, 15) is 14.0 Å². The monoisotopic (exact) mass is 406 g/mol. The maximum atomic E-state index is 14.3. The van der Waals surface area contributed by atoms with Gasteiger partial charge in [-0.2, -0.15) is 5.10 Å². The van der Waals surface area contributed by atoms with Crippen LogP contribution in [0.15, 0.2) is 78.4 Å². The maximum Gasteiger partial charge on any atom is 0.265 e.